The quantitative estimate of drug-likeness (QED) is 0.446. The van der Waals surface area contributed by atoms with Crippen molar-refractivity contribution in [1.29, 1.82) is 0 Å². The minimum atomic E-state index is -0.172. The van der Waals surface area contributed by atoms with Gasteiger partial charge in [-0.2, -0.15) is 0 Å². The Morgan fingerprint density at radius 3 is 2.34 bits per heavy atom. The van der Waals surface area contributed by atoms with Crippen LogP contribution in [0, 0.1) is 52.3 Å². The number of fused-ring (bicyclic) bond motifs is 5. The van der Waals surface area contributed by atoms with Gasteiger partial charge in [0.25, 0.3) is 0 Å². The maximum absolute atomic E-state index is 11.5. The maximum Gasteiger partial charge on any atom is 0.302 e. The number of hydrogen-bond acceptors (Lipinski definition) is 3. The second-order valence-corrected chi connectivity index (χ2v) is 13.3. The minimum Gasteiger partial charge on any atom is -0.463 e. The molecule has 3 nitrogen and oxygen atoms in total. The molecule has 0 bridgehead atoms. The van der Waals surface area contributed by atoms with E-state index in [1.165, 1.54) is 51.9 Å². The van der Waals surface area contributed by atoms with E-state index in [9.17, 15) is 9.90 Å². The summed E-state index contributed by atoms with van der Waals surface area (Å²) in [5, 5.41) is 11.5. The molecule has 0 heterocycles. The molecule has 4 saturated carbocycles. The molecule has 4 rings (SSSR count). The van der Waals surface area contributed by atoms with Gasteiger partial charge in [0.1, 0.15) is 6.10 Å². The van der Waals surface area contributed by atoms with Gasteiger partial charge in [-0.05, 0) is 104 Å². The Hall–Kier alpha value is -0.570. The Balaban J connectivity index is 1.48. The number of aliphatic hydroxyl groups excluding tert-OH is 1. The zero-order valence-corrected chi connectivity index (χ0v) is 21.7. The Morgan fingerprint density at radius 2 is 1.66 bits per heavy atom. The van der Waals surface area contributed by atoms with Gasteiger partial charge in [0.2, 0.25) is 0 Å². The molecule has 0 aliphatic heterocycles. The van der Waals surface area contributed by atoms with E-state index in [2.05, 4.69) is 34.6 Å². The average molecular weight is 447 g/mol. The lowest BCUT2D eigenvalue weighted by atomic mass is 9.43. The van der Waals surface area contributed by atoms with Crippen LogP contribution in [0.25, 0.3) is 0 Å². The van der Waals surface area contributed by atoms with Gasteiger partial charge in [-0.3, -0.25) is 4.79 Å². The lowest BCUT2D eigenvalue weighted by Crippen LogP contribution is -2.58. The summed E-state index contributed by atoms with van der Waals surface area (Å²) in [7, 11) is 0. The van der Waals surface area contributed by atoms with Gasteiger partial charge in [-0.25, -0.2) is 0 Å². The SMILES string of the molecule is CC(=O)O[C@H]1CC[C@@]2(C)[C@H](C1)C[C@@H](O)[C@@H]1[C@@H]2CC[C@]2(C)[C@@H]([C@H](C)CCCC(C)C)CC[C@@H]12. The molecule has 0 radical (unpaired) electrons. The lowest BCUT2D eigenvalue weighted by Gasteiger charge is -2.62. The molecule has 32 heavy (non-hydrogen) atoms. The van der Waals surface area contributed by atoms with Crippen LogP contribution in [0.2, 0.25) is 0 Å². The van der Waals surface area contributed by atoms with Crippen molar-refractivity contribution >= 4 is 5.97 Å². The van der Waals surface area contributed by atoms with E-state index in [0.717, 1.165) is 43.4 Å². The van der Waals surface area contributed by atoms with Crippen LogP contribution in [0.1, 0.15) is 112 Å². The summed E-state index contributed by atoms with van der Waals surface area (Å²) in [5.74, 6) is 4.61. The fourth-order valence-corrected chi connectivity index (χ4v) is 9.55. The molecule has 184 valence electrons. The molecule has 0 aromatic carbocycles. The van der Waals surface area contributed by atoms with Crippen LogP contribution in [-0.2, 0) is 9.53 Å². The van der Waals surface area contributed by atoms with E-state index in [0.29, 0.717) is 34.5 Å². The van der Waals surface area contributed by atoms with Gasteiger partial charge < -0.3 is 9.84 Å². The predicted molar refractivity (Wildman–Crippen MR) is 130 cm³/mol. The van der Waals surface area contributed by atoms with E-state index in [-0.39, 0.29) is 18.2 Å². The van der Waals surface area contributed by atoms with Gasteiger partial charge in [0.15, 0.2) is 0 Å². The van der Waals surface area contributed by atoms with Crippen molar-refractivity contribution in [2.75, 3.05) is 0 Å². The maximum atomic E-state index is 11.5. The average Bonchev–Trinajstić information content (AvgIpc) is 3.05. The van der Waals surface area contributed by atoms with Gasteiger partial charge in [-0.1, -0.05) is 53.9 Å². The van der Waals surface area contributed by atoms with Crippen LogP contribution >= 0.6 is 0 Å². The number of hydrogen-bond donors (Lipinski definition) is 1. The summed E-state index contributed by atoms with van der Waals surface area (Å²) in [4.78, 5) is 11.5. The smallest absolute Gasteiger partial charge is 0.302 e. The fourth-order valence-electron chi connectivity index (χ4n) is 9.55. The highest BCUT2D eigenvalue weighted by molar-refractivity contribution is 5.66. The normalized spacial score (nSPS) is 46.8. The summed E-state index contributed by atoms with van der Waals surface area (Å²) >= 11 is 0. The summed E-state index contributed by atoms with van der Waals surface area (Å²) in [6.45, 7) is 13.9. The number of carbonyl (C=O) groups is 1. The van der Waals surface area contributed by atoms with E-state index in [1.807, 2.05) is 0 Å². The second-order valence-electron chi connectivity index (χ2n) is 13.3. The summed E-state index contributed by atoms with van der Waals surface area (Å²) in [6, 6.07) is 0. The topological polar surface area (TPSA) is 46.5 Å². The first kappa shape index (κ1) is 24.6. The molecule has 3 heteroatoms. The van der Waals surface area contributed by atoms with E-state index < -0.39 is 0 Å². The van der Waals surface area contributed by atoms with Crippen molar-refractivity contribution in [2.45, 2.75) is 124 Å². The molecule has 4 fully saturated rings. The van der Waals surface area contributed by atoms with E-state index in [1.54, 1.807) is 0 Å². The number of carbonyl (C=O) groups excluding carboxylic acids is 1. The molecule has 0 aromatic rings. The minimum absolute atomic E-state index is 0.0609. The van der Waals surface area contributed by atoms with E-state index in [4.69, 9.17) is 4.74 Å². The molecular weight excluding hydrogens is 396 g/mol. The number of rotatable bonds is 6. The summed E-state index contributed by atoms with van der Waals surface area (Å²) < 4.78 is 5.61. The fraction of sp³-hybridized carbons (Fsp3) is 0.966. The Labute approximate surface area is 197 Å². The Morgan fingerprint density at radius 1 is 0.969 bits per heavy atom. The first-order valence-corrected chi connectivity index (χ1v) is 13.9. The molecule has 1 N–H and O–H groups in total. The van der Waals surface area contributed by atoms with Crippen molar-refractivity contribution in [3.05, 3.63) is 0 Å². The lowest BCUT2D eigenvalue weighted by molar-refractivity contribution is -0.182. The molecule has 4 aliphatic carbocycles. The highest BCUT2D eigenvalue weighted by atomic mass is 16.5. The van der Waals surface area contributed by atoms with Gasteiger partial charge in [-0.15, -0.1) is 0 Å². The molecule has 0 unspecified atom stereocenters. The van der Waals surface area contributed by atoms with Crippen molar-refractivity contribution in [3.63, 3.8) is 0 Å². The molecule has 4 aliphatic rings. The number of aliphatic hydroxyl groups is 1. The molecule has 0 aromatic heterocycles. The van der Waals surface area contributed by atoms with Crippen LogP contribution in [-0.4, -0.2) is 23.3 Å². The number of esters is 1. The van der Waals surface area contributed by atoms with Crippen LogP contribution in [0.5, 0.6) is 0 Å². The van der Waals surface area contributed by atoms with Crippen LogP contribution in [0.15, 0.2) is 0 Å². The highest BCUT2D eigenvalue weighted by Crippen LogP contribution is 2.68. The van der Waals surface area contributed by atoms with Crippen LogP contribution < -0.4 is 0 Å². The molecular formula is C29H50O3. The Kier molecular flexibility index (Phi) is 7.08. The molecule has 0 saturated heterocycles. The third kappa shape index (κ3) is 4.29. The van der Waals surface area contributed by atoms with Crippen molar-refractivity contribution in [3.8, 4) is 0 Å². The Bertz CT molecular complexity index is 673. The van der Waals surface area contributed by atoms with Gasteiger partial charge in [0.05, 0.1) is 6.10 Å². The van der Waals surface area contributed by atoms with Crippen molar-refractivity contribution in [2.24, 2.45) is 52.3 Å². The van der Waals surface area contributed by atoms with E-state index >= 15 is 0 Å². The van der Waals surface area contributed by atoms with Crippen LogP contribution in [0.3, 0.4) is 0 Å². The van der Waals surface area contributed by atoms with Crippen molar-refractivity contribution < 1.29 is 14.6 Å². The molecule has 0 spiro atoms. The number of ether oxygens (including phenoxy) is 1. The van der Waals surface area contributed by atoms with Crippen molar-refractivity contribution in [1.82, 2.24) is 0 Å². The second kappa shape index (κ2) is 9.23. The molecule has 0 amide bonds. The first-order valence-electron chi connectivity index (χ1n) is 13.9. The zero-order chi connectivity index (χ0) is 23.3. The molecule has 10 atom stereocenters. The third-order valence-electron chi connectivity index (χ3n) is 11.2. The predicted octanol–water partition coefficient (Wildman–Crippen LogP) is 7.01. The van der Waals surface area contributed by atoms with Crippen LogP contribution in [0.4, 0.5) is 0 Å². The highest BCUT2D eigenvalue weighted by Gasteiger charge is 2.63. The van der Waals surface area contributed by atoms with Gasteiger partial charge in [0, 0.05) is 6.92 Å². The first-order chi connectivity index (χ1) is 15.1. The van der Waals surface area contributed by atoms with Gasteiger partial charge >= 0.3 is 5.97 Å². The largest absolute Gasteiger partial charge is 0.463 e. The zero-order valence-electron chi connectivity index (χ0n) is 21.7. The third-order valence-corrected chi connectivity index (χ3v) is 11.2. The summed E-state index contributed by atoms with van der Waals surface area (Å²) in [5.41, 5.74) is 0.723. The monoisotopic (exact) mass is 446 g/mol. The standard InChI is InChI=1S/C29H50O3/c1-18(2)8-7-9-19(3)23-10-11-24-27-25(13-15-29(23,24)6)28(5)14-12-22(32-20(4)30)16-21(28)17-26(27)31/h18-19,21-27,31H,7-17H2,1-6H3/t19-,21-,22+,23-,24+,25+,26-,27+,28+,29-/m1/s1. The summed E-state index contributed by atoms with van der Waals surface area (Å²) in [6.07, 6.45) is 13.3.